The van der Waals surface area contributed by atoms with Gasteiger partial charge < -0.3 is 19.2 Å². The van der Waals surface area contributed by atoms with Gasteiger partial charge in [-0.3, -0.25) is 4.79 Å². The minimum atomic E-state index is -0.139. The number of methoxy groups -OCH3 is 2. The number of amides is 1. The zero-order valence-electron chi connectivity index (χ0n) is 14.7. The fraction of sp³-hybridized carbons (Fsp3) is 0.200. The number of ether oxygens (including phenoxy) is 2. The Labute approximate surface area is 151 Å². The number of carbonyl (C=O) groups is 1. The third kappa shape index (κ3) is 4.42. The van der Waals surface area contributed by atoms with Crippen LogP contribution in [0.1, 0.15) is 11.3 Å². The molecule has 6 nitrogen and oxygen atoms in total. The molecule has 26 heavy (non-hydrogen) atoms. The van der Waals surface area contributed by atoms with Gasteiger partial charge in [-0.15, -0.1) is 0 Å². The zero-order valence-corrected chi connectivity index (χ0v) is 14.7. The van der Waals surface area contributed by atoms with Crippen LogP contribution in [0.15, 0.2) is 59.2 Å². The molecule has 1 heterocycles. The number of aromatic nitrogens is 1. The number of nitrogens with zero attached hydrogens (tertiary/aromatic N) is 1. The number of hydrogen-bond acceptors (Lipinski definition) is 5. The third-order valence-electron chi connectivity index (χ3n) is 3.82. The topological polar surface area (TPSA) is 73.6 Å². The number of hydrogen-bond donors (Lipinski definition) is 1. The van der Waals surface area contributed by atoms with Crippen molar-refractivity contribution in [1.82, 2.24) is 10.3 Å². The molecule has 2 aromatic carbocycles. The first-order valence-electron chi connectivity index (χ1n) is 8.16. The van der Waals surface area contributed by atoms with Gasteiger partial charge in [-0.2, -0.15) is 0 Å². The highest BCUT2D eigenvalue weighted by molar-refractivity contribution is 5.78. The lowest BCUT2D eigenvalue weighted by Crippen LogP contribution is -2.24. The smallest absolute Gasteiger partial charge is 0.226 e. The van der Waals surface area contributed by atoms with E-state index in [1.54, 1.807) is 20.3 Å². The number of benzene rings is 2. The maximum absolute atomic E-state index is 12.2. The van der Waals surface area contributed by atoms with Crippen LogP contribution in [0.4, 0.5) is 0 Å². The largest absolute Gasteiger partial charge is 0.497 e. The van der Waals surface area contributed by atoms with E-state index in [1.165, 1.54) is 6.26 Å². The van der Waals surface area contributed by atoms with Crippen LogP contribution in [0.3, 0.4) is 0 Å². The van der Waals surface area contributed by atoms with Gasteiger partial charge in [0.05, 0.1) is 26.3 Å². The molecule has 1 amide bonds. The van der Waals surface area contributed by atoms with Gasteiger partial charge >= 0.3 is 0 Å². The summed E-state index contributed by atoms with van der Waals surface area (Å²) in [6.07, 6.45) is 1.66. The second kappa shape index (κ2) is 8.20. The Hall–Kier alpha value is -3.28. The fourth-order valence-corrected chi connectivity index (χ4v) is 2.50. The molecule has 3 aromatic rings. The van der Waals surface area contributed by atoms with E-state index in [0.717, 1.165) is 11.1 Å². The highest BCUT2D eigenvalue weighted by atomic mass is 16.5. The molecule has 0 unspecified atom stereocenters. The van der Waals surface area contributed by atoms with E-state index >= 15 is 0 Å². The van der Waals surface area contributed by atoms with Crippen LogP contribution < -0.4 is 14.8 Å². The van der Waals surface area contributed by atoms with Crippen molar-refractivity contribution in [3.63, 3.8) is 0 Å². The Morgan fingerprint density at radius 1 is 1.08 bits per heavy atom. The quantitative estimate of drug-likeness (QED) is 0.707. The zero-order chi connectivity index (χ0) is 18.4. The van der Waals surface area contributed by atoms with E-state index < -0.39 is 0 Å². The van der Waals surface area contributed by atoms with E-state index in [1.807, 2.05) is 42.5 Å². The molecule has 0 radical (unpaired) electrons. The molecule has 0 atom stereocenters. The Balaban J connectivity index is 1.59. The summed E-state index contributed by atoms with van der Waals surface area (Å²) in [5, 5.41) is 2.87. The highest BCUT2D eigenvalue weighted by Gasteiger charge is 2.11. The van der Waals surface area contributed by atoms with Crippen LogP contribution in [0.2, 0.25) is 0 Å². The summed E-state index contributed by atoms with van der Waals surface area (Å²) in [4.78, 5) is 16.5. The second-order valence-electron chi connectivity index (χ2n) is 5.68. The van der Waals surface area contributed by atoms with Crippen molar-refractivity contribution in [3.8, 4) is 23.0 Å². The van der Waals surface area contributed by atoms with Gasteiger partial charge in [-0.25, -0.2) is 4.98 Å². The first kappa shape index (κ1) is 17.5. The molecule has 6 heteroatoms. The predicted octanol–water partition coefficient (Wildman–Crippen LogP) is 3.22. The third-order valence-corrected chi connectivity index (χ3v) is 3.82. The molecule has 0 aliphatic carbocycles. The monoisotopic (exact) mass is 352 g/mol. The summed E-state index contributed by atoms with van der Waals surface area (Å²) in [5.74, 6) is 1.72. The van der Waals surface area contributed by atoms with Crippen molar-refractivity contribution in [2.45, 2.75) is 13.0 Å². The fourth-order valence-electron chi connectivity index (χ4n) is 2.50. The minimum absolute atomic E-state index is 0.139. The standard InChI is InChI=1S/C20H20N2O4/c1-24-17-8-14(9-18(11-17)25-2)12-21-19(23)10-16-13-26-20(22-16)15-6-4-3-5-7-15/h3-9,11,13H,10,12H2,1-2H3,(H,21,23). The molecule has 1 N–H and O–H groups in total. The van der Waals surface area contributed by atoms with E-state index in [4.69, 9.17) is 13.9 Å². The van der Waals surface area contributed by atoms with Gasteiger partial charge in [0.15, 0.2) is 0 Å². The summed E-state index contributed by atoms with van der Waals surface area (Å²) in [6, 6.07) is 15.1. The lowest BCUT2D eigenvalue weighted by Gasteiger charge is -2.09. The van der Waals surface area contributed by atoms with Gasteiger partial charge in [0.1, 0.15) is 17.8 Å². The van der Waals surface area contributed by atoms with Crippen LogP contribution >= 0.6 is 0 Å². The van der Waals surface area contributed by atoms with Crippen LogP contribution in [-0.4, -0.2) is 25.1 Å². The maximum atomic E-state index is 12.2. The van der Waals surface area contributed by atoms with E-state index in [9.17, 15) is 4.79 Å². The molecule has 0 bridgehead atoms. The Bertz CT molecular complexity index is 852. The van der Waals surface area contributed by atoms with E-state index in [0.29, 0.717) is 29.6 Å². The Morgan fingerprint density at radius 2 is 1.77 bits per heavy atom. The molecule has 0 saturated carbocycles. The Kier molecular flexibility index (Phi) is 5.53. The van der Waals surface area contributed by atoms with Gasteiger partial charge in [-0.05, 0) is 29.8 Å². The molecule has 0 aliphatic rings. The van der Waals surface area contributed by atoms with Crippen molar-refractivity contribution >= 4 is 5.91 Å². The van der Waals surface area contributed by atoms with Crippen molar-refractivity contribution in [1.29, 1.82) is 0 Å². The summed E-state index contributed by atoms with van der Waals surface area (Å²) >= 11 is 0. The minimum Gasteiger partial charge on any atom is -0.497 e. The number of carbonyl (C=O) groups excluding carboxylic acids is 1. The van der Waals surface area contributed by atoms with Crippen molar-refractivity contribution in [2.24, 2.45) is 0 Å². The van der Waals surface area contributed by atoms with Gasteiger partial charge in [0.2, 0.25) is 11.8 Å². The molecule has 134 valence electrons. The SMILES string of the molecule is COc1cc(CNC(=O)Cc2coc(-c3ccccc3)n2)cc(OC)c1. The molecule has 3 rings (SSSR count). The highest BCUT2D eigenvalue weighted by Crippen LogP contribution is 2.22. The molecule has 0 saturated heterocycles. The lowest BCUT2D eigenvalue weighted by molar-refractivity contribution is -0.120. The van der Waals surface area contributed by atoms with Crippen LogP contribution in [0.5, 0.6) is 11.5 Å². The maximum Gasteiger partial charge on any atom is 0.226 e. The lowest BCUT2D eigenvalue weighted by atomic mass is 10.2. The summed E-state index contributed by atoms with van der Waals surface area (Å²) in [7, 11) is 3.18. The van der Waals surface area contributed by atoms with Crippen molar-refractivity contribution in [3.05, 3.63) is 66.1 Å². The normalized spacial score (nSPS) is 10.4. The first-order chi connectivity index (χ1) is 12.7. The molecular formula is C20H20N2O4. The van der Waals surface area contributed by atoms with Gasteiger partial charge in [0.25, 0.3) is 0 Å². The molecule has 0 fully saturated rings. The summed E-state index contributed by atoms with van der Waals surface area (Å²) < 4.78 is 15.9. The number of oxazole rings is 1. The van der Waals surface area contributed by atoms with Crippen molar-refractivity contribution in [2.75, 3.05) is 14.2 Å². The van der Waals surface area contributed by atoms with E-state index in [2.05, 4.69) is 10.3 Å². The van der Waals surface area contributed by atoms with Gasteiger partial charge in [-0.1, -0.05) is 18.2 Å². The summed E-state index contributed by atoms with van der Waals surface area (Å²) in [5.41, 5.74) is 2.35. The van der Waals surface area contributed by atoms with Crippen LogP contribution in [-0.2, 0) is 17.8 Å². The number of nitrogens with one attached hydrogen (secondary N) is 1. The predicted molar refractivity (Wildman–Crippen MR) is 97.0 cm³/mol. The van der Waals surface area contributed by atoms with Crippen molar-refractivity contribution < 1.29 is 18.7 Å². The van der Waals surface area contributed by atoms with Gasteiger partial charge in [0, 0.05) is 18.2 Å². The van der Waals surface area contributed by atoms with E-state index in [-0.39, 0.29) is 12.3 Å². The average molecular weight is 352 g/mol. The Morgan fingerprint density at radius 3 is 2.42 bits per heavy atom. The first-order valence-corrected chi connectivity index (χ1v) is 8.16. The molecule has 1 aromatic heterocycles. The molecule has 0 spiro atoms. The molecule has 0 aliphatic heterocycles. The molecular weight excluding hydrogens is 332 g/mol. The number of rotatable bonds is 7. The second-order valence-corrected chi connectivity index (χ2v) is 5.68. The van der Waals surface area contributed by atoms with Crippen LogP contribution in [0.25, 0.3) is 11.5 Å². The average Bonchev–Trinajstić information content (AvgIpc) is 3.15. The summed E-state index contributed by atoms with van der Waals surface area (Å²) in [6.45, 7) is 0.371. The van der Waals surface area contributed by atoms with Crippen LogP contribution in [0, 0.1) is 0 Å².